The lowest BCUT2D eigenvalue weighted by Crippen LogP contribution is -2.40. The van der Waals surface area contributed by atoms with Crippen molar-refractivity contribution in [3.63, 3.8) is 0 Å². The number of nitrogens with two attached hydrogens (primary N) is 1. The third-order valence-corrected chi connectivity index (χ3v) is 7.27. The number of nitrogens with zero attached hydrogens (tertiary/aromatic N) is 4. The zero-order chi connectivity index (χ0) is 29.3. The van der Waals surface area contributed by atoms with E-state index in [1.165, 1.54) is 0 Å². The molecule has 2 atom stereocenters. The van der Waals surface area contributed by atoms with Gasteiger partial charge in [0.1, 0.15) is 28.7 Å². The number of carbonyl (C=O) groups excluding carboxylic acids is 2. The molecule has 1 fully saturated rings. The highest BCUT2D eigenvalue weighted by molar-refractivity contribution is 6.04. The first-order valence-corrected chi connectivity index (χ1v) is 13.4. The van der Waals surface area contributed by atoms with Gasteiger partial charge in [-0.25, -0.2) is 15.0 Å². The molecule has 0 spiro atoms. The molecule has 1 aliphatic carbocycles. The third-order valence-electron chi connectivity index (χ3n) is 7.27. The average molecular weight is 566 g/mol. The number of halogens is 3. The summed E-state index contributed by atoms with van der Waals surface area (Å²) < 4.78 is 41.0. The van der Waals surface area contributed by atoms with Gasteiger partial charge in [0.25, 0.3) is 5.91 Å². The van der Waals surface area contributed by atoms with Gasteiger partial charge in [-0.2, -0.15) is 13.2 Å². The molecule has 0 unspecified atom stereocenters. The number of benzene rings is 1. The fraction of sp³-hybridized carbons (Fsp3) is 0.345. The summed E-state index contributed by atoms with van der Waals surface area (Å²) in [7, 11) is 0. The molecule has 3 heterocycles. The number of alkyl halides is 3. The van der Waals surface area contributed by atoms with E-state index >= 15 is 0 Å². The fourth-order valence-corrected chi connectivity index (χ4v) is 5.14. The number of carbonyl (C=O) groups is 2. The Morgan fingerprint density at radius 2 is 1.83 bits per heavy atom. The molecule has 4 N–H and O–H groups in total. The Labute approximate surface area is 234 Å². The highest BCUT2D eigenvalue weighted by Crippen LogP contribution is 2.37. The number of nitrogens with one attached hydrogen (secondary N) is 2. The number of hydrogen-bond acceptors (Lipinski definition) is 6. The van der Waals surface area contributed by atoms with Crippen LogP contribution in [0.5, 0.6) is 0 Å². The first-order valence-electron chi connectivity index (χ1n) is 13.4. The second-order valence-electron chi connectivity index (χ2n) is 10.5. The minimum Gasteiger partial charge on any atom is -0.382 e. The Bertz CT molecular complexity index is 1580. The SMILES string of the molecule is CC(C)C(=O)N[C@H]1CCC[C@H](c2nc(-c3ccc(C(=O)Nc4cc(C(F)(F)F)ccn4)cc3)c3c(N)nccn23)C1. The van der Waals surface area contributed by atoms with Crippen LogP contribution >= 0.6 is 0 Å². The van der Waals surface area contributed by atoms with Gasteiger partial charge in [-0.1, -0.05) is 32.4 Å². The summed E-state index contributed by atoms with van der Waals surface area (Å²) in [6.45, 7) is 3.74. The monoisotopic (exact) mass is 565 g/mol. The molecule has 0 radical (unpaired) electrons. The number of rotatable bonds is 6. The lowest BCUT2D eigenvalue weighted by atomic mass is 9.85. The van der Waals surface area contributed by atoms with Gasteiger partial charge in [0.2, 0.25) is 5.91 Å². The molecule has 1 aromatic carbocycles. The number of fused-ring (bicyclic) bond motifs is 1. The normalized spacial score (nSPS) is 17.5. The second kappa shape index (κ2) is 11.2. The zero-order valence-electron chi connectivity index (χ0n) is 22.6. The predicted octanol–water partition coefficient (Wildman–Crippen LogP) is 5.44. The highest BCUT2D eigenvalue weighted by Gasteiger charge is 2.31. The average Bonchev–Trinajstić information content (AvgIpc) is 3.34. The molecule has 2 amide bonds. The van der Waals surface area contributed by atoms with Gasteiger partial charge in [0.05, 0.1) is 5.56 Å². The summed E-state index contributed by atoms with van der Waals surface area (Å²) in [6, 6.07) is 8.22. The Balaban J connectivity index is 1.40. The van der Waals surface area contributed by atoms with Crippen molar-refractivity contribution in [1.82, 2.24) is 24.7 Å². The van der Waals surface area contributed by atoms with Gasteiger partial charge in [0, 0.05) is 47.6 Å². The number of aromatic nitrogens is 4. The lowest BCUT2D eigenvalue weighted by molar-refractivity contribution is -0.137. The number of pyridine rings is 1. The van der Waals surface area contributed by atoms with Crippen LogP contribution in [0.2, 0.25) is 0 Å². The highest BCUT2D eigenvalue weighted by atomic mass is 19.4. The molecular weight excluding hydrogens is 535 g/mol. The molecule has 214 valence electrons. The van der Waals surface area contributed by atoms with Crippen molar-refractivity contribution in [1.29, 1.82) is 0 Å². The van der Waals surface area contributed by atoms with Crippen molar-refractivity contribution in [2.75, 3.05) is 11.1 Å². The van der Waals surface area contributed by atoms with Crippen LogP contribution in [0.3, 0.4) is 0 Å². The van der Waals surface area contributed by atoms with E-state index in [0.29, 0.717) is 22.6 Å². The third kappa shape index (κ3) is 6.01. The molecule has 12 heteroatoms. The van der Waals surface area contributed by atoms with Crippen molar-refractivity contribution in [2.24, 2.45) is 5.92 Å². The maximum Gasteiger partial charge on any atom is 0.416 e. The van der Waals surface area contributed by atoms with Gasteiger partial charge in [0.15, 0.2) is 0 Å². The van der Waals surface area contributed by atoms with Crippen LogP contribution in [0.15, 0.2) is 55.0 Å². The summed E-state index contributed by atoms with van der Waals surface area (Å²) in [5.41, 5.74) is 7.56. The summed E-state index contributed by atoms with van der Waals surface area (Å²) in [5.74, 6) is 0.361. The van der Waals surface area contributed by atoms with Crippen molar-refractivity contribution in [2.45, 2.75) is 57.7 Å². The first-order chi connectivity index (χ1) is 19.5. The van der Waals surface area contributed by atoms with Crippen LogP contribution < -0.4 is 16.4 Å². The molecule has 9 nitrogen and oxygen atoms in total. The second-order valence-corrected chi connectivity index (χ2v) is 10.5. The summed E-state index contributed by atoms with van der Waals surface area (Å²) in [5, 5.41) is 5.56. The molecule has 4 aromatic rings. The molecule has 1 aliphatic rings. The maximum atomic E-state index is 13.0. The maximum absolute atomic E-state index is 13.0. The fourth-order valence-electron chi connectivity index (χ4n) is 5.14. The molecule has 1 saturated carbocycles. The molecule has 3 aromatic heterocycles. The van der Waals surface area contributed by atoms with Crippen LogP contribution in [0.1, 0.15) is 67.2 Å². The summed E-state index contributed by atoms with van der Waals surface area (Å²) >= 11 is 0. The number of nitrogen functional groups attached to an aromatic ring is 1. The van der Waals surface area contributed by atoms with E-state index in [-0.39, 0.29) is 35.2 Å². The Kier molecular flexibility index (Phi) is 7.65. The van der Waals surface area contributed by atoms with Crippen LogP contribution in [-0.2, 0) is 11.0 Å². The number of hydrogen-bond donors (Lipinski definition) is 3. The number of anilines is 2. The van der Waals surface area contributed by atoms with Crippen LogP contribution in [0.4, 0.5) is 24.8 Å². The predicted molar refractivity (Wildman–Crippen MR) is 148 cm³/mol. The van der Waals surface area contributed by atoms with Gasteiger partial charge in [-0.05, 0) is 43.5 Å². The van der Waals surface area contributed by atoms with Gasteiger partial charge in [-0.15, -0.1) is 0 Å². The van der Waals surface area contributed by atoms with Gasteiger partial charge in [-0.3, -0.25) is 14.0 Å². The van der Waals surface area contributed by atoms with E-state index in [1.54, 1.807) is 30.5 Å². The number of amides is 2. The minimum atomic E-state index is -4.55. The van der Waals surface area contributed by atoms with E-state index in [2.05, 4.69) is 20.6 Å². The topological polar surface area (TPSA) is 127 Å². The van der Waals surface area contributed by atoms with Crippen molar-refractivity contribution < 1.29 is 22.8 Å². The van der Waals surface area contributed by atoms with E-state index in [9.17, 15) is 22.8 Å². The van der Waals surface area contributed by atoms with Gasteiger partial charge < -0.3 is 16.4 Å². The summed E-state index contributed by atoms with van der Waals surface area (Å²) in [4.78, 5) is 38.1. The molecule has 0 saturated heterocycles. The smallest absolute Gasteiger partial charge is 0.382 e. The van der Waals surface area contributed by atoms with Crippen LogP contribution in [-0.4, -0.2) is 37.2 Å². The largest absolute Gasteiger partial charge is 0.416 e. The van der Waals surface area contributed by atoms with Crippen molar-refractivity contribution >= 4 is 29.0 Å². The van der Waals surface area contributed by atoms with Crippen LogP contribution in [0, 0.1) is 5.92 Å². The van der Waals surface area contributed by atoms with E-state index in [1.807, 2.05) is 24.4 Å². The first kappa shape index (κ1) is 28.1. The molecule has 0 aliphatic heterocycles. The van der Waals surface area contributed by atoms with E-state index in [0.717, 1.165) is 49.8 Å². The molecule has 0 bridgehead atoms. The molecular formula is C29H30F3N7O2. The zero-order valence-corrected chi connectivity index (χ0v) is 22.6. The Hall–Kier alpha value is -4.48. The molecule has 41 heavy (non-hydrogen) atoms. The van der Waals surface area contributed by atoms with Crippen molar-refractivity contribution in [3.8, 4) is 11.3 Å². The van der Waals surface area contributed by atoms with Crippen LogP contribution in [0.25, 0.3) is 16.8 Å². The molecule has 5 rings (SSSR count). The minimum absolute atomic E-state index is 0.0331. The van der Waals surface area contributed by atoms with Crippen molar-refractivity contribution in [3.05, 3.63) is 71.9 Å². The summed E-state index contributed by atoms with van der Waals surface area (Å²) in [6.07, 6.45) is 3.41. The standard InChI is InChI=1S/C29H30F3N7O2/c1-16(2)27(40)36-21-5-3-4-19(14-21)26-38-23(24-25(33)35-12-13-39(24)26)17-6-8-18(9-7-17)28(41)37-22-15-20(10-11-34-22)29(30,31)32/h6-13,15-16,19,21H,3-5,14H2,1-2H3,(H2,33,35)(H,36,40)(H,34,37,41)/t19-,21-/m0/s1. The lowest BCUT2D eigenvalue weighted by Gasteiger charge is -2.29. The van der Waals surface area contributed by atoms with Gasteiger partial charge >= 0.3 is 6.18 Å². The quantitative estimate of drug-likeness (QED) is 0.286. The Morgan fingerprint density at radius 1 is 1.07 bits per heavy atom. The Morgan fingerprint density at radius 3 is 2.54 bits per heavy atom. The van der Waals surface area contributed by atoms with E-state index in [4.69, 9.17) is 10.7 Å². The number of imidazole rings is 1. The van der Waals surface area contributed by atoms with E-state index < -0.39 is 17.6 Å².